The third-order valence-electron chi connectivity index (χ3n) is 4.59. The van der Waals surface area contributed by atoms with Crippen molar-refractivity contribution in [3.63, 3.8) is 0 Å². The number of benzene rings is 1. The second-order valence-electron chi connectivity index (χ2n) is 6.39. The SMILES string of the molecule is Cc1cc(C)c(CCNC(=O)C(N)C2CCOCC2)c(C)c1.Cl. The minimum absolute atomic E-state index is 0. The highest BCUT2D eigenvalue weighted by Crippen LogP contribution is 2.18. The highest BCUT2D eigenvalue weighted by molar-refractivity contribution is 5.85. The maximum atomic E-state index is 12.2. The molecule has 0 bridgehead atoms. The summed E-state index contributed by atoms with van der Waals surface area (Å²) in [5, 5.41) is 2.99. The van der Waals surface area contributed by atoms with E-state index in [2.05, 4.69) is 38.2 Å². The Morgan fingerprint density at radius 1 is 1.26 bits per heavy atom. The number of halogens is 1. The molecule has 1 aliphatic rings. The van der Waals surface area contributed by atoms with Crippen LogP contribution in [0.1, 0.15) is 35.1 Å². The van der Waals surface area contributed by atoms with Gasteiger partial charge in [-0.3, -0.25) is 4.79 Å². The van der Waals surface area contributed by atoms with Crippen LogP contribution in [0.15, 0.2) is 12.1 Å². The first kappa shape index (κ1) is 19.9. The summed E-state index contributed by atoms with van der Waals surface area (Å²) in [7, 11) is 0. The zero-order valence-corrected chi connectivity index (χ0v) is 15.2. The van der Waals surface area contributed by atoms with Crippen molar-refractivity contribution in [3.8, 4) is 0 Å². The number of hydrogen-bond donors (Lipinski definition) is 2. The molecule has 1 saturated heterocycles. The molecule has 2 rings (SSSR count). The summed E-state index contributed by atoms with van der Waals surface area (Å²) in [5.41, 5.74) is 11.3. The molecule has 0 aliphatic carbocycles. The molecule has 1 aromatic carbocycles. The quantitative estimate of drug-likeness (QED) is 0.865. The Balaban J connectivity index is 0.00000264. The lowest BCUT2D eigenvalue weighted by Gasteiger charge is -2.26. The van der Waals surface area contributed by atoms with Gasteiger partial charge in [-0.25, -0.2) is 0 Å². The van der Waals surface area contributed by atoms with Gasteiger partial charge in [0.15, 0.2) is 0 Å². The molecule has 1 amide bonds. The van der Waals surface area contributed by atoms with Gasteiger partial charge in [0.05, 0.1) is 6.04 Å². The normalized spacial score (nSPS) is 16.5. The maximum Gasteiger partial charge on any atom is 0.237 e. The van der Waals surface area contributed by atoms with Gasteiger partial charge in [0.1, 0.15) is 0 Å². The van der Waals surface area contributed by atoms with Crippen LogP contribution in [0.25, 0.3) is 0 Å². The predicted octanol–water partition coefficient (Wildman–Crippen LogP) is 2.45. The smallest absolute Gasteiger partial charge is 0.237 e. The fraction of sp³-hybridized carbons (Fsp3) is 0.611. The largest absolute Gasteiger partial charge is 0.381 e. The molecule has 0 aromatic heterocycles. The lowest BCUT2D eigenvalue weighted by Crippen LogP contribution is -2.47. The van der Waals surface area contributed by atoms with Crippen LogP contribution in [0.5, 0.6) is 0 Å². The van der Waals surface area contributed by atoms with E-state index in [1.165, 1.54) is 22.3 Å². The Bertz CT molecular complexity index is 505. The molecule has 0 spiro atoms. The van der Waals surface area contributed by atoms with E-state index in [1.807, 2.05) is 0 Å². The van der Waals surface area contributed by atoms with Gasteiger partial charge in [-0.2, -0.15) is 0 Å². The molecule has 23 heavy (non-hydrogen) atoms. The van der Waals surface area contributed by atoms with Gasteiger partial charge in [-0.15, -0.1) is 12.4 Å². The van der Waals surface area contributed by atoms with Crippen molar-refractivity contribution in [3.05, 3.63) is 34.4 Å². The average molecular weight is 341 g/mol. The molecule has 3 N–H and O–H groups in total. The van der Waals surface area contributed by atoms with Crippen molar-refractivity contribution in [2.45, 2.75) is 46.1 Å². The van der Waals surface area contributed by atoms with Crippen LogP contribution in [0.4, 0.5) is 0 Å². The molecule has 0 radical (unpaired) electrons. The third-order valence-corrected chi connectivity index (χ3v) is 4.59. The summed E-state index contributed by atoms with van der Waals surface area (Å²) in [6.45, 7) is 8.44. The molecule has 1 aromatic rings. The molecule has 1 heterocycles. The summed E-state index contributed by atoms with van der Waals surface area (Å²) in [6, 6.07) is 3.97. The van der Waals surface area contributed by atoms with Crippen LogP contribution in [-0.4, -0.2) is 31.7 Å². The Kier molecular flexibility index (Phi) is 8.03. The highest BCUT2D eigenvalue weighted by atomic mass is 35.5. The number of carbonyl (C=O) groups is 1. The maximum absolute atomic E-state index is 12.2. The van der Waals surface area contributed by atoms with E-state index in [-0.39, 0.29) is 24.2 Å². The summed E-state index contributed by atoms with van der Waals surface area (Å²) in [4.78, 5) is 12.2. The van der Waals surface area contributed by atoms with Gasteiger partial charge in [0.2, 0.25) is 5.91 Å². The molecule has 1 fully saturated rings. The molecular weight excluding hydrogens is 312 g/mol. The average Bonchev–Trinajstić information content (AvgIpc) is 2.49. The number of aryl methyl sites for hydroxylation is 3. The minimum Gasteiger partial charge on any atom is -0.381 e. The topological polar surface area (TPSA) is 64.4 Å². The standard InChI is InChI=1S/C18H28N2O2.ClH/c1-12-10-13(2)16(14(3)11-12)4-7-20-18(21)17(19)15-5-8-22-9-6-15;/h10-11,15,17H,4-9,19H2,1-3H3,(H,20,21);1H. The van der Waals surface area contributed by atoms with E-state index in [4.69, 9.17) is 10.5 Å². The van der Waals surface area contributed by atoms with Crippen molar-refractivity contribution >= 4 is 18.3 Å². The van der Waals surface area contributed by atoms with Gasteiger partial charge >= 0.3 is 0 Å². The summed E-state index contributed by atoms with van der Waals surface area (Å²) < 4.78 is 5.32. The Morgan fingerprint density at radius 2 is 1.83 bits per heavy atom. The van der Waals surface area contributed by atoms with Crippen LogP contribution in [0.2, 0.25) is 0 Å². The summed E-state index contributed by atoms with van der Waals surface area (Å²) in [5.74, 6) is 0.214. The first-order valence-electron chi connectivity index (χ1n) is 8.17. The molecule has 1 atom stereocenters. The van der Waals surface area contributed by atoms with Gasteiger partial charge in [-0.05, 0) is 62.6 Å². The number of carbonyl (C=O) groups excluding carboxylic acids is 1. The van der Waals surface area contributed by atoms with Crippen LogP contribution < -0.4 is 11.1 Å². The lowest BCUT2D eigenvalue weighted by molar-refractivity contribution is -0.124. The highest BCUT2D eigenvalue weighted by Gasteiger charge is 2.26. The second kappa shape index (κ2) is 9.26. The summed E-state index contributed by atoms with van der Waals surface area (Å²) >= 11 is 0. The van der Waals surface area contributed by atoms with E-state index in [1.54, 1.807) is 0 Å². The number of nitrogens with two attached hydrogens (primary N) is 1. The van der Waals surface area contributed by atoms with E-state index in [0.717, 1.165) is 19.3 Å². The van der Waals surface area contributed by atoms with Gasteiger partial charge in [-0.1, -0.05) is 17.7 Å². The third kappa shape index (κ3) is 5.48. The number of amides is 1. The lowest BCUT2D eigenvalue weighted by atomic mass is 9.92. The molecule has 0 saturated carbocycles. The summed E-state index contributed by atoms with van der Waals surface area (Å²) in [6.07, 6.45) is 2.61. The first-order valence-corrected chi connectivity index (χ1v) is 8.17. The van der Waals surface area contributed by atoms with Gasteiger partial charge < -0.3 is 15.8 Å². The van der Waals surface area contributed by atoms with Crippen molar-refractivity contribution in [1.29, 1.82) is 0 Å². The Labute approximate surface area is 145 Å². The van der Waals surface area contributed by atoms with Crippen molar-refractivity contribution in [2.75, 3.05) is 19.8 Å². The number of hydrogen-bond acceptors (Lipinski definition) is 3. The Hall–Kier alpha value is -1.10. The van der Waals surface area contributed by atoms with E-state index < -0.39 is 6.04 Å². The number of rotatable bonds is 5. The van der Waals surface area contributed by atoms with E-state index >= 15 is 0 Å². The molecule has 1 unspecified atom stereocenters. The van der Waals surface area contributed by atoms with E-state index in [0.29, 0.717) is 19.8 Å². The fourth-order valence-corrected chi connectivity index (χ4v) is 3.32. The van der Waals surface area contributed by atoms with Gasteiger partial charge in [0.25, 0.3) is 0 Å². The molecule has 1 aliphatic heterocycles. The van der Waals surface area contributed by atoms with Crippen molar-refractivity contribution in [2.24, 2.45) is 11.7 Å². The molecular formula is C18H29ClN2O2. The van der Waals surface area contributed by atoms with Crippen LogP contribution in [0.3, 0.4) is 0 Å². The first-order chi connectivity index (χ1) is 10.5. The zero-order valence-electron chi connectivity index (χ0n) is 14.4. The van der Waals surface area contributed by atoms with Crippen molar-refractivity contribution < 1.29 is 9.53 Å². The second-order valence-corrected chi connectivity index (χ2v) is 6.39. The fourth-order valence-electron chi connectivity index (χ4n) is 3.32. The van der Waals surface area contributed by atoms with Crippen LogP contribution in [0, 0.1) is 26.7 Å². The monoisotopic (exact) mass is 340 g/mol. The minimum atomic E-state index is -0.413. The number of ether oxygens (including phenoxy) is 1. The molecule has 5 heteroatoms. The van der Waals surface area contributed by atoms with Crippen LogP contribution in [-0.2, 0) is 16.0 Å². The van der Waals surface area contributed by atoms with Crippen LogP contribution >= 0.6 is 12.4 Å². The molecule has 130 valence electrons. The van der Waals surface area contributed by atoms with Gasteiger partial charge in [0, 0.05) is 19.8 Å². The van der Waals surface area contributed by atoms with Crippen molar-refractivity contribution in [1.82, 2.24) is 5.32 Å². The van der Waals surface area contributed by atoms with E-state index in [9.17, 15) is 4.79 Å². The zero-order chi connectivity index (χ0) is 16.1. The predicted molar refractivity (Wildman–Crippen MR) is 96.1 cm³/mol. The Morgan fingerprint density at radius 3 is 2.39 bits per heavy atom. The molecule has 4 nitrogen and oxygen atoms in total. The number of nitrogens with one attached hydrogen (secondary N) is 1.